The van der Waals surface area contributed by atoms with Crippen molar-refractivity contribution < 1.29 is 12.8 Å². The van der Waals surface area contributed by atoms with Gasteiger partial charge in [0.05, 0.1) is 0 Å². The molecule has 1 atom stereocenters. The molecule has 0 saturated heterocycles. The van der Waals surface area contributed by atoms with Crippen molar-refractivity contribution in [2.45, 2.75) is 13.0 Å². The summed E-state index contributed by atoms with van der Waals surface area (Å²) in [5.74, 6) is -0.349. The molecule has 3 nitrogen and oxygen atoms in total. The molecule has 0 saturated carbocycles. The summed E-state index contributed by atoms with van der Waals surface area (Å²) in [5.41, 5.74) is 1.50. The third kappa shape index (κ3) is 4.81. The van der Waals surface area contributed by atoms with E-state index in [1.54, 1.807) is 19.1 Å². The third-order valence-corrected chi connectivity index (χ3v) is 4.13. The van der Waals surface area contributed by atoms with E-state index in [9.17, 15) is 12.8 Å². The van der Waals surface area contributed by atoms with Crippen LogP contribution in [0.3, 0.4) is 0 Å². The lowest BCUT2D eigenvalue weighted by atomic mass is 10.1. The summed E-state index contributed by atoms with van der Waals surface area (Å²) in [6.45, 7) is 1.71. The summed E-state index contributed by atoms with van der Waals surface area (Å²) < 4.78 is 39.3. The van der Waals surface area contributed by atoms with Crippen LogP contribution < -0.4 is 4.72 Å². The fourth-order valence-corrected chi connectivity index (χ4v) is 2.88. The van der Waals surface area contributed by atoms with Crippen LogP contribution >= 0.6 is 0 Å². The predicted octanol–water partition coefficient (Wildman–Crippen LogP) is 3.48. The Morgan fingerprint density at radius 2 is 1.67 bits per heavy atom. The lowest BCUT2D eigenvalue weighted by Gasteiger charge is -2.12. The smallest absolute Gasteiger partial charge is 0.208 e. The molecule has 0 aliphatic rings. The third-order valence-electron chi connectivity index (χ3n) is 2.95. The molecule has 0 heterocycles. The summed E-state index contributed by atoms with van der Waals surface area (Å²) in [6.07, 6.45) is 1.53. The Kier molecular flexibility index (Phi) is 4.88. The zero-order valence-corrected chi connectivity index (χ0v) is 12.3. The maximum atomic E-state index is 12.8. The van der Waals surface area contributed by atoms with Crippen LogP contribution in [0.4, 0.5) is 4.39 Å². The average molecular weight is 305 g/mol. The standard InChI is InChI=1S/C16H16FNO2S/c1-13(15-7-9-16(17)10-8-15)18-21(19,20)12-11-14-5-3-2-4-6-14/h2-13,18H,1H3/b12-11+/t13-/m0/s1. The topological polar surface area (TPSA) is 46.2 Å². The molecular formula is C16H16FNO2S. The van der Waals surface area contributed by atoms with Crippen LogP contribution in [0.2, 0.25) is 0 Å². The van der Waals surface area contributed by atoms with Crippen molar-refractivity contribution in [3.8, 4) is 0 Å². The Morgan fingerprint density at radius 3 is 2.29 bits per heavy atom. The number of hydrogen-bond acceptors (Lipinski definition) is 2. The van der Waals surface area contributed by atoms with Gasteiger partial charge in [0.15, 0.2) is 0 Å². The molecule has 21 heavy (non-hydrogen) atoms. The first-order chi connectivity index (χ1) is 9.96. The summed E-state index contributed by atoms with van der Waals surface area (Å²) in [6, 6.07) is 14.5. The van der Waals surface area contributed by atoms with E-state index in [0.29, 0.717) is 5.56 Å². The van der Waals surface area contributed by atoms with Crippen LogP contribution in [0, 0.1) is 5.82 Å². The Bertz CT molecular complexity index is 710. The molecule has 0 bridgehead atoms. The normalized spacial score (nSPS) is 13.4. The minimum absolute atomic E-state index is 0.349. The molecule has 0 amide bonds. The first-order valence-corrected chi connectivity index (χ1v) is 8.02. The van der Waals surface area contributed by atoms with Crippen LogP contribution in [0.25, 0.3) is 6.08 Å². The number of sulfonamides is 1. The molecular weight excluding hydrogens is 289 g/mol. The molecule has 0 aromatic heterocycles. The van der Waals surface area contributed by atoms with Crippen molar-refractivity contribution in [3.63, 3.8) is 0 Å². The number of benzene rings is 2. The second-order valence-corrected chi connectivity index (χ2v) is 6.25. The number of nitrogens with one attached hydrogen (secondary N) is 1. The summed E-state index contributed by atoms with van der Waals surface area (Å²) in [4.78, 5) is 0. The van der Waals surface area contributed by atoms with Crippen LogP contribution in [0.5, 0.6) is 0 Å². The van der Waals surface area contributed by atoms with Gasteiger partial charge in [0, 0.05) is 11.4 Å². The predicted molar refractivity (Wildman–Crippen MR) is 82.3 cm³/mol. The number of hydrogen-bond donors (Lipinski definition) is 1. The Hall–Kier alpha value is -1.98. The first kappa shape index (κ1) is 15.4. The van der Waals surface area contributed by atoms with Crippen molar-refractivity contribution in [1.29, 1.82) is 0 Å². The maximum absolute atomic E-state index is 12.8. The molecule has 0 radical (unpaired) electrons. The van der Waals surface area contributed by atoms with Gasteiger partial charge >= 0.3 is 0 Å². The van der Waals surface area contributed by atoms with E-state index in [0.717, 1.165) is 11.0 Å². The lowest BCUT2D eigenvalue weighted by molar-refractivity contribution is 0.576. The van der Waals surface area contributed by atoms with E-state index >= 15 is 0 Å². The van der Waals surface area contributed by atoms with Crippen LogP contribution in [-0.2, 0) is 10.0 Å². The maximum Gasteiger partial charge on any atom is 0.234 e. The number of rotatable bonds is 5. The van der Waals surface area contributed by atoms with E-state index in [1.807, 2.05) is 30.3 Å². The van der Waals surface area contributed by atoms with Crippen LogP contribution in [-0.4, -0.2) is 8.42 Å². The molecule has 0 unspecified atom stereocenters. The zero-order valence-electron chi connectivity index (χ0n) is 11.5. The van der Waals surface area contributed by atoms with E-state index in [2.05, 4.69) is 4.72 Å². The van der Waals surface area contributed by atoms with Gasteiger partial charge in [-0.1, -0.05) is 42.5 Å². The highest BCUT2D eigenvalue weighted by Gasteiger charge is 2.12. The molecule has 0 spiro atoms. The highest BCUT2D eigenvalue weighted by molar-refractivity contribution is 7.92. The zero-order chi connectivity index (χ0) is 15.3. The summed E-state index contributed by atoms with van der Waals surface area (Å²) in [5, 5.41) is 1.13. The van der Waals surface area contributed by atoms with E-state index < -0.39 is 16.1 Å². The van der Waals surface area contributed by atoms with Gasteiger partial charge in [0.2, 0.25) is 10.0 Å². The SMILES string of the molecule is C[C@H](NS(=O)(=O)/C=C/c1ccccc1)c1ccc(F)cc1. The Labute approximate surface area is 124 Å². The van der Waals surface area contributed by atoms with Crippen molar-refractivity contribution in [1.82, 2.24) is 4.72 Å². The molecule has 2 aromatic rings. The van der Waals surface area contributed by atoms with Crippen molar-refractivity contribution in [3.05, 3.63) is 76.9 Å². The fourth-order valence-electron chi connectivity index (χ4n) is 1.84. The second kappa shape index (κ2) is 6.65. The van der Waals surface area contributed by atoms with Gasteiger partial charge in [-0.25, -0.2) is 17.5 Å². The van der Waals surface area contributed by atoms with Crippen molar-refractivity contribution >= 4 is 16.1 Å². The van der Waals surface area contributed by atoms with E-state index in [-0.39, 0.29) is 5.82 Å². The monoisotopic (exact) mass is 305 g/mol. The van der Waals surface area contributed by atoms with Gasteiger partial charge in [-0.3, -0.25) is 0 Å². The molecule has 5 heteroatoms. The summed E-state index contributed by atoms with van der Waals surface area (Å²) >= 11 is 0. The second-order valence-electron chi connectivity index (χ2n) is 4.65. The van der Waals surface area contributed by atoms with Crippen LogP contribution in [0.15, 0.2) is 60.0 Å². The molecule has 1 N–H and O–H groups in total. The number of halogens is 1. The molecule has 2 rings (SSSR count). The largest absolute Gasteiger partial charge is 0.234 e. The molecule has 2 aromatic carbocycles. The lowest BCUT2D eigenvalue weighted by Crippen LogP contribution is -2.24. The van der Waals surface area contributed by atoms with Crippen molar-refractivity contribution in [2.24, 2.45) is 0 Å². The van der Waals surface area contributed by atoms with E-state index in [1.165, 1.54) is 18.2 Å². The minimum Gasteiger partial charge on any atom is -0.208 e. The van der Waals surface area contributed by atoms with Crippen molar-refractivity contribution in [2.75, 3.05) is 0 Å². The van der Waals surface area contributed by atoms with Gasteiger partial charge in [0.25, 0.3) is 0 Å². The van der Waals surface area contributed by atoms with Crippen LogP contribution in [0.1, 0.15) is 24.1 Å². The highest BCUT2D eigenvalue weighted by Crippen LogP contribution is 2.14. The molecule has 0 aliphatic heterocycles. The molecule has 110 valence electrons. The van der Waals surface area contributed by atoms with E-state index in [4.69, 9.17) is 0 Å². The minimum atomic E-state index is -3.56. The highest BCUT2D eigenvalue weighted by atomic mass is 32.2. The Balaban J connectivity index is 2.07. The fraction of sp³-hybridized carbons (Fsp3) is 0.125. The summed E-state index contributed by atoms with van der Waals surface area (Å²) in [7, 11) is -3.56. The van der Waals surface area contributed by atoms with Gasteiger partial charge < -0.3 is 0 Å². The Morgan fingerprint density at radius 1 is 1.05 bits per heavy atom. The molecule has 0 aliphatic carbocycles. The quantitative estimate of drug-likeness (QED) is 0.919. The molecule has 0 fully saturated rings. The first-order valence-electron chi connectivity index (χ1n) is 6.47. The van der Waals surface area contributed by atoms with Gasteiger partial charge in [-0.15, -0.1) is 0 Å². The van der Waals surface area contributed by atoms with Gasteiger partial charge in [0.1, 0.15) is 5.82 Å². The average Bonchev–Trinajstić information content (AvgIpc) is 2.46. The van der Waals surface area contributed by atoms with Gasteiger partial charge in [-0.2, -0.15) is 0 Å². The van der Waals surface area contributed by atoms with Gasteiger partial charge in [-0.05, 0) is 36.3 Å².